The van der Waals surface area contributed by atoms with E-state index in [0.29, 0.717) is 26.4 Å². The quantitative estimate of drug-likeness (QED) is 0.0972. The molecule has 6 heteroatoms. The predicted octanol–water partition coefficient (Wildman–Crippen LogP) is 7.28. The third-order valence-electron chi connectivity index (χ3n) is 7.79. The van der Waals surface area contributed by atoms with Gasteiger partial charge in [-0.2, -0.15) is 0 Å². The van der Waals surface area contributed by atoms with Gasteiger partial charge in [-0.05, 0) is 35.3 Å². The van der Waals surface area contributed by atoms with Crippen molar-refractivity contribution < 1.29 is 28.4 Å². The lowest BCUT2D eigenvalue weighted by Gasteiger charge is -2.51. The summed E-state index contributed by atoms with van der Waals surface area (Å²) in [5.74, 6) is 4.51. The fourth-order valence-electron chi connectivity index (χ4n) is 5.43. The standard InChI is InChI=1S/C40H42O6/c1-3-5-26-45-40(4-2)39(44-30-35-24-16-9-17-25-35)38(43-29-34-22-14-8-15-23-34)37(42-28-33-20-12-7-13-21-33)36(46-40)31-41-27-32-18-10-6-11-19-32/h4,6-25,36-39H,2,26-31H2,1H3/t36-,37-,38+,39-,40+/m1/s1. The zero-order valence-electron chi connectivity index (χ0n) is 26.3. The maximum Gasteiger partial charge on any atom is 0.218 e. The topological polar surface area (TPSA) is 55.4 Å². The molecule has 1 aliphatic rings. The lowest BCUT2D eigenvalue weighted by atomic mass is 9.91. The average Bonchev–Trinajstić information content (AvgIpc) is 3.11. The Labute approximate surface area is 272 Å². The fourth-order valence-corrected chi connectivity index (χ4v) is 5.43. The zero-order valence-corrected chi connectivity index (χ0v) is 26.3. The first-order chi connectivity index (χ1) is 22.7. The van der Waals surface area contributed by atoms with Crippen LogP contribution in [0.4, 0.5) is 0 Å². The molecule has 4 aromatic rings. The summed E-state index contributed by atoms with van der Waals surface area (Å²) in [5, 5.41) is 0. The molecule has 0 spiro atoms. The lowest BCUT2D eigenvalue weighted by Crippen LogP contribution is -2.67. The highest BCUT2D eigenvalue weighted by Crippen LogP contribution is 2.38. The van der Waals surface area contributed by atoms with E-state index in [9.17, 15) is 0 Å². The molecule has 238 valence electrons. The monoisotopic (exact) mass is 618 g/mol. The van der Waals surface area contributed by atoms with E-state index in [0.717, 1.165) is 22.3 Å². The minimum absolute atomic E-state index is 0.117. The molecule has 0 unspecified atom stereocenters. The van der Waals surface area contributed by atoms with Gasteiger partial charge >= 0.3 is 0 Å². The molecule has 0 radical (unpaired) electrons. The van der Waals surface area contributed by atoms with Crippen LogP contribution in [0.3, 0.4) is 0 Å². The Bertz CT molecular complexity index is 1500. The summed E-state index contributed by atoms with van der Waals surface area (Å²) >= 11 is 0. The van der Waals surface area contributed by atoms with Crippen molar-refractivity contribution in [3.05, 3.63) is 156 Å². The molecule has 6 nitrogen and oxygen atoms in total. The Morgan fingerprint density at radius 2 is 1.11 bits per heavy atom. The second-order valence-electron chi connectivity index (χ2n) is 11.0. The number of ether oxygens (including phenoxy) is 6. The van der Waals surface area contributed by atoms with Gasteiger partial charge in [0.25, 0.3) is 0 Å². The second kappa shape index (κ2) is 17.6. The average molecular weight is 619 g/mol. The van der Waals surface area contributed by atoms with E-state index in [1.54, 1.807) is 13.0 Å². The Kier molecular flexibility index (Phi) is 12.7. The third kappa shape index (κ3) is 9.24. The van der Waals surface area contributed by atoms with Crippen LogP contribution in [0.5, 0.6) is 0 Å². The Morgan fingerprint density at radius 3 is 1.59 bits per heavy atom. The molecule has 0 aliphatic carbocycles. The maximum atomic E-state index is 6.83. The molecule has 0 bridgehead atoms. The van der Waals surface area contributed by atoms with Crippen molar-refractivity contribution in [2.75, 3.05) is 13.2 Å². The van der Waals surface area contributed by atoms with Crippen LogP contribution in [0.25, 0.3) is 0 Å². The Morgan fingerprint density at radius 1 is 0.652 bits per heavy atom. The highest BCUT2D eigenvalue weighted by molar-refractivity contribution is 5.18. The first kappa shape index (κ1) is 33.3. The number of hydrogen-bond donors (Lipinski definition) is 0. The van der Waals surface area contributed by atoms with Crippen LogP contribution in [-0.2, 0) is 54.8 Å². The van der Waals surface area contributed by atoms with Crippen molar-refractivity contribution >= 4 is 0 Å². The van der Waals surface area contributed by atoms with Crippen molar-refractivity contribution in [3.8, 4) is 11.8 Å². The van der Waals surface area contributed by atoms with E-state index >= 15 is 0 Å². The van der Waals surface area contributed by atoms with Crippen molar-refractivity contribution in [2.45, 2.75) is 63.6 Å². The smallest absolute Gasteiger partial charge is 0.218 e. The van der Waals surface area contributed by atoms with Crippen LogP contribution in [0.1, 0.15) is 29.2 Å². The van der Waals surface area contributed by atoms with Crippen LogP contribution < -0.4 is 0 Å². The van der Waals surface area contributed by atoms with E-state index in [1.165, 1.54) is 0 Å². The zero-order chi connectivity index (χ0) is 31.9. The largest absolute Gasteiger partial charge is 0.374 e. The van der Waals surface area contributed by atoms with Gasteiger partial charge in [-0.3, -0.25) is 0 Å². The molecule has 1 heterocycles. The molecule has 4 aromatic carbocycles. The molecule has 0 N–H and O–H groups in total. The number of benzene rings is 4. The van der Waals surface area contributed by atoms with E-state index in [2.05, 4.69) is 18.4 Å². The SMILES string of the molecule is C=C[C@]1(OCC#CC)O[C@H](COCc2ccccc2)[C@@H](OCc2ccccc2)[C@H](OCc2ccccc2)[C@H]1OCc1ccccc1. The molecule has 46 heavy (non-hydrogen) atoms. The first-order valence-corrected chi connectivity index (χ1v) is 15.6. The van der Waals surface area contributed by atoms with Gasteiger partial charge in [-0.15, -0.1) is 5.92 Å². The van der Waals surface area contributed by atoms with Gasteiger partial charge in [0, 0.05) is 0 Å². The minimum atomic E-state index is -1.40. The van der Waals surface area contributed by atoms with Gasteiger partial charge in [0.2, 0.25) is 5.79 Å². The van der Waals surface area contributed by atoms with Gasteiger partial charge in [0.05, 0.1) is 33.0 Å². The normalized spacial score (nSPS) is 22.5. The van der Waals surface area contributed by atoms with Gasteiger partial charge < -0.3 is 28.4 Å². The van der Waals surface area contributed by atoms with Gasteiger partial charge in [-0.25, -0.2) is 0 Å². The summed E-state index contributed by atoms with van der Waals surface area (Å²) < 4.78 is 39.7. The molecular formula is C40H42O6. The summed E-state index contributed by atoms with van der Waals surface area (Å²) in [4.78, 5) is 0. The number of hydrogen-bond acceptors (Lipinski definition) is 6. The van der Waals surface area contributed by atoms with Gasteiger partial charge in [-0.1, -0.05) is 134 Å². The van der Waals surface area contributed by atoms with Crippen molar-refractivity contribution in [1.29, 1.82) is 0 Å². The van der Waals surface area contributed by atoms with Crippen molar-refractivity contribution in [2.24, 2.45) is 0 Å². The van der Waals surface area contributed by atoms with Crippen LogP contribution in [0, 0.1) is 11.8 Å². The summed E-state index contributed by atoms with van der Waals surface area (Å²) in [6.45, 7) is 7.68. The Balaban J connectivity index is 1.50. The predicted molar refractivity (Wildman–Crippen MR) is 178 cm³/mol. The second-order valence-corrected chi connectivity index (χ2v) is 11.0. The molecule has 0 aromatic heterocycles. The molecule has 5 atom stereocenters. The maximum absolute atomic E-state index is 6.83. The van der Waals surface area contributed by atoms with Crippen LogP contribution in [-0.4, -0.2) is 43.4 Å². The number of rotatable bonds is 16. The van der Waals surface area contributed by atoms with E-state index in [-0.39, 0.29) is 13.2 Å². The summed E-state index contributed by atoms with van der Waals surface area (Å²) in [7, 11) is 0. The third-order valence-corrected chi connectivity index (χ3v) is 7.79. The highest BCUT2D eigenvalue weighted by Gasteiger charge is 2.56. The summed E-state index contributed by atoms with van der Waals surface area (Å²) in [6.07, 6.45) is -0.888. The molecule has 0 amide bonds. The van der Waals surface area contributed by atoms with E-state index in [1.807, 2.05) is 121 Å². The fraction of sp³-hybridized carbons (Fsp3) is 0.300. The molecular weight excluding hydrogens is 576 g/mol. The molecule has 1 aliphatic heterocycles. The Hall–Kier alpha value is -4.06. The van der Waals surface area contributed by atoms with E-state index in [4.69, 9.17) is 28.4 Å². The van der Waals surface area contributed by atoms with Gasteiger partial charge in [0.1, 0.15) is 31.0 Å². The molecule has 0 saturated carbocycles. The highest BCUT2D eigenvalue weighted by atomic mass is 16.7. The van der Waals surface area contributed by atoms with Crippen LogP contribution in [0.2, 0.25) is 0 Å². The van der Waals surface area contributed by atoms with Crippen molar-refractivity contribution in [1.82, 2.24) is 0 Å². The van der Waals surface area contributed by atoms with Crippen molar-refractivity contribution in [3.63, 3.8) is 0 Å². The van der Waals surface area contributed by atoms with Crippen LogP contribution >= 0.6 is 0 Å². The first-order valence-electron chi connectivity index (χ1n) is 15.6. The molecule has 5 rings (SSSR count). The van der Waals surface area contributed by atoms with E-state index < -0.39 is 30.2 Å². The minimum Gasteiger partial charge on any atom is -0.374 e. The van der Waals surface area contributed by atoms with Gasteiger partial charge in [0.15, 0.2) is 0 Å². The van der Waals surface area contributed by atoms with Crippen LogP contribution in [0.15, 0.2) is 134 Å². The lowest BCUT2D eigenvalue weighted by molar-refractivity contribution is -0.361. The summed E-state index contributed by atoms with van der Waals surface area (Å²) in [6, 6.07) is 40.1. The summed E-state index contributed by atoms with van der Waals surface area (Å²) in [5.41, 5.74) is 4.12. The molecule has 1 saturated heterocycles. The molecule has 1 fully saturated rings.